The first-order valence-electron chi connectivity index (χ1n) is 5.22. The number of nitrogens with one attached hydrogen (secondary N) is 2. The molecule has 0 aromatic heterocycles. The van der Waals surface area contributed by atoms with Gasteiger partial charge in [0.1, 0.15) is 17.4 Å². The van der Waals surface area contributed by atoms with Crippen LogP contribution in [0.3, 0.4) is 0 Å². The topological polar surface area (TPSA) is 105 Å². The van der Waals surface area contributed by atoms with Gasteiger partial charge in [0.15, 0.2) is 0 Å². The fourth-order valence-electron chi connectivity index (χ4n) is 1.13. The van der Waals surface area contributed by atoms with Gasteiger partial charge in [-0.1, -0.05) is 0 Å². The predicted molar refractivity (Wildman–Crippen MR) is 65.5 cm³/mol. The number of carbonyl (C=O) groups excluding carboxylic acids is 1. The molecule has 0 heterocycles. The lowest BCUT2D eigenvalue weighted by Crippen LogP contribution is -2.18. The number of nitriles is 1. The molecule has 0 atom stereocenters. The molecule has 0 bridgehead atoms. The average Bonchev–Trinajstić information content (AvgIpc) is 2.37. The number of nitrogens with zero attached hydrogens (tertiary/aromatic N) is 1. The van der Waals surface area contributed by atoms with E-state index in [9.17, 15) is 4.79 Å². The Kier molecular flexibility index (Phi) is 5.22. The van der Waals surface area contributed by atoms with E-state index in [-0.39, 0.29) is 24.5 Å². The van der Waals surface area contributed by atoms with Crippen molar-refractivity contribution in [2.75, 3.05) is 18.5 Å². The Morgan fingerprint density at radius 2 is 2.06 bits per heavy atom. The van der Waals surface area contributed by atoms with Gasteiger partial charge in [-0.15, -0.1) is 0 Å². The Balaban J connectivity index is 2.66. The molecule has 0 aliphatic carbocycles. The standard InChI is InChI=1S/C12H13N3O3/c13-7-9(8-14-5-6-16)12(18)15-10-1-3-11(17)4-2-10/h1-4,8,14,16-17H,5-6H2,(H,15,18)/b9-8-. The number of amides is 1. The summed E-state index contributed by atoms with van der Waals surface area (Å²) < 4.78 is 0. The van der Waals surface area contributed by atoms with Gasteiger partial charge in [0.05, 0.1) is 6.61 Å². The van der Waals surface area contributed by atoms with Gasteiger partial charge in [0, 0.05) is 18.4 Å². The highest BCUT2D eigenvalue weighted by molar-refractivity contribution is 6.06. The van der Waals surface area contributed by atoms with Crippen molar-refractivity contribution in [2.24, 2.45) is 0 Å². The zero-order valence-corrected chi connectivity index (χ0v) is 9.55. The van der Waals surface area contributed by atoms with Gasteiger partial charge in [-0.2, -0.15) is 5.26 Å². The summed E-state index contributed by atoms with van der Waals surface area (Å²) in [7, 11) is 0. The summed E-state index contributed by atoms with van der Waals surface area (Å²) in [5.74, 6) is -0.470. The summed E-state index contributed by atoms with van der Waals surface area (Å²) in [6.07, 6.45) is 1.24. The predicted octanol–water partition coefficient (Wildman–Crippen LogP) is 0.320. The molecular formula is C12H13N3O3. The second-order valence-electron chi connectivity index (χ2n) is 3.35. The van der Waals surface area contributed by atoms with Crippen LogP contribution < -0.4 is 10.6 Å². The Bertz CT molecular complexity index is 474. The quantitative estimate of drug-likeness (QED) is 0.259. The second-order valence-corrected chi connectivity index (χ2v) is 3.35. The third kappa shape index (κ3) is 4.15. The van der Waals surface area contributed by atoms with E-state index in [0.29, 0.717) is 5.69 Å². The number of phenolic OH excluding ortho intramolecular Hbond substituents is 1. The minimum atomic E-state index is -0.561. The normalized spacial score (nSPS) is 10.6. The largest absolute Gasteiger partial charge is 0.508 e. The minimum absolute atomic E-state index is 0.0885. The van der Waals surface area contributed by atoms with Crippen molar-refractivity contribution >= 4 is 11.6 Å². The maximum atomic E-state index is 11.7. The first kappa shape index (κ1) is 13.5. The van der Waals surface area contributed by atoms with Gasteiger partial charge >= 0.3 is 0 Å². The smallest absolute Gasteiger partial charge is 0.267 e. The van der Waals surface area contributed by atoms with E-state index in [1.807, 2.05) is 0 Å². The first-order valence-corrected chi connectivity index (χ1v) is 5.22. The van der Waals surface area contributed by atoms with Gasteiger partial charge in [-0.25, -0.2) is 0 Å². The molecule has 1 rings (SSSR count). The monoisotopic (exact) mass is 247 g/mol. The highest BCUT2D eigenvalue weighted by Crippen LogP contribution is 2.14. The molecule has 0 aliphatic heterocycles. The van der Waals surface area contributed by atoms with E-state index in [1.54, 1.807) is 6.07 Å². The van der Waals surface area contributed by atoms with Crippen LogP contribution in [0.2, 0.25) is 0 Å². The van der Waals surface area contributed by atoms with Crippen LogP contribution in [0.1, 0.15) is 0 Å². The molecule has 1 aromatic carbocycles. The molecule has 94 valence electrons. The number of aliphatic hydroxyl groups is 1. The molecular weight excluding hydrogens is 234 g/mol. The molecule has 6 heteroatoms. The van der Waals surface area contributed by atoms with E-state index in [1.165, 1.54) is 30.5 Å². The van der Waals surface area contributed by atoms with Crippen LogP contribution in [-0.2, 0) is 4.79 Å². The number of phenols is 1. The van der Waals surface area contributed by atoms with E-state index < -0.39 is 5.91 Å². The van der Waals surface area contributed by atoms with Crippen molar-refractivity contribution in [3.05, 3.63) is 36.0 Å². The molecule has 1 aromatic rings. The Morgan fingerprint density at radius 3 is 2.61 bits per heavy atom. The Labute approximate surface area is 104 Å². The number of aliphatic hydroxyl groups excluding tert-OH is 1. The fraction of sp³-hybridized carbons (Fsp3) is 0.167. The molecule has 0 unspecified atom stereocenters. The SMILES string of the molecule is N#C/C(=C/NCCO)C(=O)Nc1ccc(O)cc1. The van der Waals surface area contributed by atoms with Crippen molar-refractivity contribution in [2.45, 2.75) is 0 Å². The number of hydrogen-bond acceptors (Lipinski definition) is 5. The second kappa shape index (κ2) is 6.93. The number of anilines is 1. The molecule has 18 heavy (non-hydrogen) atoms. The van der Waals surface area contributed by atoms with E-state index in [0.717, 1.165) is 0 Å². The van der Waals surface area contributed by atoms with Gasteiger partial charge in [0.2, 0.25) is 0 Å². The van der Waals surface area contributed by atoms with Gasteiger partial charge < -0.3 is 20.8 Å². The molecule has 0 radical (unpaired) electrons. The summed E-state index contributed by atoms with van der Waals surface area (Å²) in [4.78, 5) is 11.7. The number of carbonyl (C=O) groups is 1. The minimum Gasteiger partial charge on any atom is -0.508 e. The fourth-order valence-corrected chi connectivity index (χ4v) is 1.13. The zero-order valence-electron chi connectivity index (χ0n) is 9.55. The maximum Gasteiger partial charge on any atom is 0.267 e. The Morgan fingerprint density at radius 1 is 1.39 bits per heavy atom. The van der Waals surface area contributed by atoms with Crippen LogP contribution in [-0.4, -0.2) is 29.3 Å². The van der Waals surface area contributed by atoms with E-state index in [4.69, 9.17) is 15.5 Å². The lowest BCUT2D eigenvalue weighted by Gasteiger charge is -2.04. The molecule has 0 aliphatic rings. The van der Waals surface area contributed by atoms with Gasteiger partial charge in [0.25, 0.3) is 5.91 Å². The highest BCUT2D eigenvalue weighted by Gasteiger charge is 2.08. The summed E-state index contributed by atoms with van der Waals surface area (Å²) >= 11 is 0. The van der Waals surface area contributed by atoms with Crippen LogP contribution in [0.4, 0.5) is 5.69 Å². The zero-order chi connectivity index (χ0) is 13.4. The summed E-state index contributed by atoms with van der Waals surface area (Å²) in [6, 6.07) is 7.63. The number of rotatable bonds is 5. The van der Waals surface area contributed by atoms with E-state index in [2.05, 4.69) is 10.6 Å². The van der Waals surface area contributed by atoms with E-state index >= 15 is 0 Å². The molecule has 4 N–H and O–H groups in total. The maximum absolute atomic E-state index is 11.7. The third-order valence-electron chi connectivity index (χ3n) is 1.99. The number of hydrogen-bond donors (Lipinski definition) is 4. The van der Waals surface area contributed by atoms with Crippen LogP contribution >= 0.6 is 0 Å². The molecule has 6 nitrogen and oxygen atoms in total. The van der Waals surface area contributed by atoms with Crippen molar-refractivity contribution in [3.63, 3.8) is 0 Å². The molecule has 0 saturated heterocycles. The molecule has 0 saturated carbocycles. The van der Waals surface area contributed by atoms with Crippen molar-refractivity contribution in [1.82, 2.24) is 5.32 Å². The third-order valence-corrected chi connectivity index (χ3v) is 1.99. The van der Waals surface area contributed by atoms with Crippen LogP contribution in [0.25, 0.3) is 0 Å². The Hall–Kier alpha value is -2.52. The summed E-state index contributed by atoms with van der Waals surface area (Å²) in [5, 5.41) is 31.6. The molecule has 1 amide bonds. The number of aromatic hydroxyl groups is 1. The van der Waals surface area contributed by atoms with Crippen LogP contribution in [0.15, 0.2) is 36.0 Å². The van der Waals surface area contributed by atoms with Crippen molar-refractivity contribution < 1.29 is 15.0 Å². The van der Waals surface area contributed by atoms with Crippen molar-refractivity contribution in [1.29, 1.82) is 5.26 Å². The van der Waals surface area contributed by atoms with Gasteiger partial charge in [-0.3, -0.25) is 4.79 Å². The first-order chi connectivity index (χ1) is 8.67. The summed E-state index contributed by atoms with van der Waals surface area (Å²) in [6.45, 7) is 0.173. The number of benzene rings is 1. The van der Waals surface area contributed by atoms with Crippen LogP contribution in [0.5, 0.6) is 5.75 Å². The average molecular weight is 247 g/mol. The van der Waals surface area contributed by atoms with Crippen molar-refractivity contribution in [3.8, 4) is 11.8 Å². The molecule has 0 spiro atoms. The highest BCUT2D eigenvalue weighted by atomic mass is 16.3. The lowest BCUT2D eigenvalue weighted by molar-refractivity contribution is -0.112. The van der Waals surface area contributed by atoms with Gasteiger partial charge in [-0.05, 0) is 24.3 Å². The molecule has 0 fully saturated rings. The summed E-state index contributed by atoms with van der Waals surface area (Å²) in [5.41, 5.74) is 0.373. The lowest BCUT2D eigenvalue weighted by atomic mass is 10.2. The van der Waals surface area contributed by atoms with Crippen LogP contribution in [0, 0.1) is 11.3 Å².